The Balaban J connectivity index is 1.39. The van der Waals surface area contributed by atoms with Crippen LogP contribution in [0.15, 0.2) is 53.7 Å². The van der Waals surface area contributed by atoms with Gasteiger partial charge in [-0.3, -0.25) is 9.78 Å². The third-order valence-corrected chi connectivity index (χ3v) is 7.51. The highest BCUT2D eigenvalue weighted by atomic mass is 32.2. The number of carbonyl (C=O) groups is 1. The highest BCUT2D eigenvalue weighted by molar-refractivity contribution is 7.89. The monoisotopic (exact) mass is 385 g/mol. The van der Waals surface area contributed by atoms with E-state index in [4.69, 9.17) is 0 Å². The number of benzene rings is 1. The number of nitrogens with zero attached hydrogens (tertiary/aromatic N) is 2. The zero-order valence-corrected chi connectivity index (χ0v) is 16.1. The first-order valence-corrected chi connectivity index (χ1v) is 10.6. The molecule has 2 atom stereocenters. The second kappa shape index (κ2) is 6.73. The molecule has 2 unspecified atom stereocenters. The van der Waals surface area contributed by atoms with Gasteiger partial charge in [-0.15, -0.1) is 0 Å². The molecule has 1 aromatic heterocycles. The molecule has 1 aliphatic heterocycles. The van der Waals surface area contributed by atoms with Crippen molar-refractivity contribution >= 4 is 15.9 Å². The van der Waals surface area contributed by atoms with E-state index >= 15 is 0 Å². The van der Waals surface area contributed by atoms with E-state index in [0.29, 0.717) is 24.5 Å². The lowest BCUT2D eigenvalue weighted by atomic mass is 10.0. The average molecular weight is 385 g/mol. The van der Waals surface area contributed by atoms with Crippen molar-refractivity contribution in [1.82, 2.24) is 14.6 Å². The van der Waals surface area contributed by atoms with E-state index in [1.807, 2.05) is 25.1 Å². The Hall–Kier alpha value is -2.25. The predicted molar refractivity (Wildman–Crippen MR) is 101 cm³/mol. The maximum absolute atomic E-state index is 12.9. The number of rotatable bonds is 5. The molecule has 0 bridgehead atoms. The maximum Gasteiger partial charge on any atom is 0.243 e. The second-order valence-corrected chi connectivity index (χ2v) is 9.54. The molecule has 7 heteroatoms. The van der Waals surface area contributed by atoms with Gasteiger partial charge in [-0.1, -0.05) is 18.2 Å². The minimum absolute atomic E-state index is 0.00802. The Morgan fingerprint density at radius 3 is 2.93 bits per heavy atom. The average Bonchev–Trinajstić information content (AvgIpc) is 3.19. The van der Waals surface area contributed by atoms with Gasteiger partial charge in [-0.2, -0.15) is 4.31 Å². The first-order valence-electron chi connectivity index (χ1n) is 9.14. The molecule has 1 saturated carbocycles. The van der Waals surface area contributed by atoms with E-state index in [1.165, 1.54) is 4.31 Å². The molecule has 1 N–H and O–H groups in total. The van der Waals surface area contributed by atoms with Crippen LogP contribution in [0.4, 0.5) is 0 Å². The van der Waals surface area contributed by atoms with Crippen LogP contribution in [0.5, 0.6) is 0 Å². The van der Waals surface area contributed by atoms with Crippen molar-refractivity contribution in [3.63, 3.8) is 0 Å². The van der Waals surface area contributed by atoms with Crippen molar-refractivity contribution in [2.45, 2.75) is 31.2 Å². The topological polar surface area (TPSA) is 79.4 Å². The quantitative estimate of drug-likeness (QED) is 0.855. The summed E-state index contributed by atoms with van der Waals surface area (Å²) in [6.07, 6.45) is 4.92. The van der Waals surface area contributed by atoms with Crippen molar-refractivity contribution in [3.05, 3.63) is 59.9 Å². The van der Waals surface area contributed by atoms with Gasteiger partial charge in [0.05, 0.1) is 4.90 Å². The fourth-order valence-electron chi connectivity index (χ4n) is 3.97. The number of pyridine rings is 1. The Morgan fingerprint density at radius 2 is 2.19 bits per heavy atom. The van der Waals surface area contributed by atoms with E-state index in [-0.39, 0.29) is 17.2 Å². The Kier molecular flexibility index (Phi) is 4.52. The minimum Gasteiger partial charge on any atom is -0.352 e. The van der Waals surface area contributed by atoms with Crippen LogP contribution in [0.2, 0.25) is 0 Å². The first kappa shape index (κ1) is 18.1. The van der Waals surface area contributed by atoms with E-state index in [9.17, 15) is 13.2 Å². The van der Waals surface area contributed by atoms with Crippen LogP contribution in [0.3, 0.4) is 0 Å². The number of aromatic nitrogens is 1. The maximum atomic E-state index is 12.9. The van der Waals surface area contributed by atoms with Crippen LogP contribution >= 0.6 is 0 Å². The third-order valence-electron chi connectivity index (χ3n) is 5.67. The number of hydrogen-bond donors (Lipinski definition) is 1. The number of amides is 1. The summed E-state index contributed by atoms with van der Waals surface area (Å²) < 4.78 is 27.4. The van der Waals surface area contributed by atoms with Gasteiger partial charge in [0.15, 0.2) is 0 Å². The molecule has 1 aromatic carbocycles. The van der Waals surface area contributed by atoms with Crippen molar-refractivity contribution < 1.29 is 13.2 Å². The van der Waals surface area contributed by atoms with Crippen molar-refractivity contribution in [2.24, 2.45) is 11.3 Å². The summed E-state index contributed by atoms with van der Waals surface area (Å²) in [5.41, 5.74) is 1.68. The van der Waals surface area contributed by atoms with Crippen molar-refractivity contribution in [2.75, 3.05) is 13.1 Å². The number of hydrogen-bond acceptors (Lipinski definition) is 4. The van der Waals surface area contributed by atoms with Crippen LogP contribution in [0.25, 0.3) is 0 Å². The molecule has 4 rings (SSSR count). The molecule has 2 fully saturated rings. The predicted octanol–water partition coefficient (Wildman–Crippen LogP) is 2.11. The zero-order chi connectivity index (χ0) is 19.1. The van der Waals surface area contributed by atoms with Gasteiger partial charge >= 0.3 is 0 Å². The Labute approximate surface area is 159 Å². The van der Waals surface area contributed by atoms with Crippen LogP contribution in [-0.2, 0) is 21.4 Å². The molecule has 1 amide bonds. The van der Waals surface area contributed by atoms with Gasteiger partial charge in [0.1, 0.15) is 0 Å². The molecule has 1 aliphatic carbocycles. The molecule has 1 saturated heterocycles. The normalized spacial score (nSPS) is 24.9. The van der Waals surface area contributed by atoms with Gasteiger partial charge < -0.3 is 5.32 Å². The van der Waals surface area contributed by atoms with Gasteiger partial charge in [-0.05, 0) is 54.5 Å². The highest BCUT2D eigenvalue weighted by Gasteiger charge is 2.62. The van der Waals surface area contributed by atoms with Gasteiger partial charge in [0, 0.05) is 37.9 Å². The zero-order valence-electron chi connectivity index (χ0n) is 15.3. The summed E-state index contributed by atoms with van der Waals surface area (Å²) in [6.45, 7) is 3.23. The standard InChI is InChI=1S/C20H23N3O3S/c1-15-4-2-6-17(10-15)27(25,26)23-9-7-20(14-23)11-18(20)19(24)22-13-16-5-3-8-21-12-16/h2-6,8,10,12,18H,7,9,11,13-14H2,1H3,(H,22,24). The fraction of sp³-hybridized carbons (Fsp3) is 0.400. The second-order valence-electron chi connectivity index (χ2n) is 7.60. The van der Waals surface area contributed by atoms with Crippen LogP contribution in [-0.4, -0.2) is 36.7 Å². The minimum atomic E-state index is -3.50. The fourth-order valence-corrected chi connectivity index (χ4v) is 5.61. The van der Waals surface area contributed by atoms with Gasteiger partial charge in [0.2, 0.25) is 15.9 Å². The Morgan fingerprint density at radius 1 is 1.33 bits per heavy atom. The summed E-state index contributed by atoms with van der Waals surface area (Å²) in [7, 11) is -3.50. The van der Waals surface area contributed by atoms with E-state index in [0.717, 1.165) is 24.0 Å². The largest absolute Gasteiger partial charge is 0.352 e. The lowest BCUT2D eigenvalue weighted by Gasteiger charge is -2.17. The summed E-state index contributed by atoms with van der Waals surface area (Å²) in [5.74, 6) is -0.0967. The molecule has 2 heterocycles. The van der Waals surface area contributed by atoms with Gasteiger partial charge in [-0.25, -0.2) is 8.42 Å². The SMILES string of the molecule is Cc1cccc(S(=O)(=O)N2CCC3(CC3C(=O)NCc3cccnc3)C2)c1. The molecule has 1 spiro atoms. The molecule has 2 aliphatic rings. The number of carbonyl (C=O) groups excluding carboxylic acids is 1. The number of aryl methyl sites for hydroxylation is 1. The molecular formula is C20H23N3O3S. The molecule has 6 nitrogen and oxygen atoms in total. The summed E-state index contributed by atoms with van der Waals surface area (Å²) in [4.78, 5) is 16.9. The van der Waals surface area contributed by atoms with E-state index < -0.39 is 10.0 Å². The van der Waals surface area contributed by atoms with E-state index in [2.05, 4.69) is 10.3 Å². The van der Waals surface area contributed by atoms with Crippen LogP contribution < -0.4 is 5.32 Å². The van der Waals surface area contributed by atoms with E-state index in [1.54, 1.807) is 30.6 Å². The lowest BCUT2D eigenvalue weighted by molar-refractivity contribution is -0.123. The molecular weight excluding hydrogens is 362 g/mol. The molecule has 0 radical (unpaired) electrons. The van der Waals surface area contributed by atoms with Crippen molar-refractivity contribution in [3.8, 4) is 0 Å². The number of sulfonamides is 1. The number of nitrogens with one attached hydrogen (secondary N) is 1. The van der Waals surface area contributed by atoms with Gasteiger partial charge in [0.25, 0.3) is 0 Å². The lowest BCUT2D eigenvalue weighted by Crippen LogP contribution is -2.31. The first-order chi connectivity index (χ1) is 12.9. The molecule has 27 heavy (non-hydrogen) atoms. The van der Waals surface area contributed by atoms with Crippen LogP contribution in [0.1, 0.15) is 24.0 Å². The summed E-state index contributed by atoms with van der Waals surface area (Å²) in [5, 5.41) is 2.96. The summed E-state index contributed by atoms with van der Waals surface area (Å²) in [6, 6.07) is 10.7. The molecule has 2 aromatic rings. The van der Waals surface area contributed by atoms with Crippen molar-refractivity contribution in [1.29, 1.82) is 0 Å². The molecule has 142 valence electrons. The summed E-state index contributed by atoms with van der Waals surface area (Å²) >= 11 is 0. The third kappa shape index (κ3) is 3.49. The van der Waals surface area contributed by atoms with Crippen LogP contribution in [0, 0.1) is 18.3 Å². The highest BCUT2D eigenvalue weighted by Crippen LogP contribution is 2.59. The smallest absolute Gasteiger partial charge is 0.243 e. The Bertz CT molecular complexity index is 961.